The Morgan fingerprint density at radius 2 is 1.91 bits per heavy atom. The van der Waals surface area contributed by atoms with Crippen molar-refractivity contribution in [1.82, 2.24) is 5.32 Å². The number of nitrogens with one attached hydrogen (secondary N) is 1. The number of methoxy groups -OCH3 is 2. The summed E-state index contributed by atoms with van der Waals surface area (Å²) in [6, 6.07) is 13.2. The topological polar surface area (TPSA) is 145 Å². The van der Waals surface area contributed by atoms with E-state index in [1.54, 1.807) is 6.92 Å². The quantitative estimate of drug-likeness (QED) is 0.114. The molecule has 0 saturated heterocycles. The number of aromatic hydroxyl groups is 1. The van der Waals surface area contributed by atoms with Crippen molar-refractivity contribution in [3.05, 3.63) is 100 Å². The zero-order valence-corrected chi connectivity index (χ0v) is 25.6. The van der Waals surface area contributed by atoms with Gasteiger partial charge in [0.2, 0.25) is 0 Å². The van der Waals surface area contributed by atoms with Crippen LogP contribution < -0.4 is 14.8 Å². The second kappa shape index (κ2) is 12.4. The van der Waals surface area contributed by atoms with Crippen LogP contribution in [0.2, 0.25) is 0 Å². The third-order valence-corrected chi connectivity index (χ3v) is 7.95. The first-order valence-electron chi connectivity index (χ1n) is 14.1. The summed E-state index contributed by atoms with van der Waals surface area (Å²) in [5, 5.41) is 31.0. The maximum Gasteiger partial charge on any atom is 0.259 e. The number of hydrogen-bond acceptors (Lipinski definition) is 10. The number of fused-ring (bicyclic) bond motifs is 4. The molecule has 3 aromatic carbocycles. The predicted octanol–water partition coefficient (Wildman–Crippen LogP) is 5.25. The average Bonchev–Trinajstić information content (AvgIpc) is 3.32. The number of ketones is 1. The number of nitrogens with zero attached hydrogens (tertiary/aromatic N) is 1. The van der Waals surface area contributed by atoms with Crippen LogP contribution in [0.3, 0.4) is 0 Å². The van der Waals surface area contributed by atoms with E-state index in [1.165, 1.54) is 33.3 Å². The summed E-state index contributed by atoms with van der Waals surface area (Å²) in [6.45, 7) is 8.75. The lowest BCUT2D eigenvalue weighted by atomic mass is 9.71. The number of aryl methyl sites for hydroxylation is 1. The van der Waals surface area contributed by atoms with Crippen LogP contribution in [0.15, 0.2) is 83.1 Å². The minimum atomic E-state index is -1.60. The highest BCUT2D eigenvalue weighted by Crippen LogP contribution is 2.56. The normalized spacial score (nSPS) is 17.3. The van der Waals surface area contributed by atoms with Gasteiger partial charge in [0.1, 0.15) is 39.8 Å². The van der Waals surface area contributed by atoms with Crippen molar-refractivity contribution in [3.63, 3.8) is 0 Å². The number of rotatable bonds is 11. The second-order valence-electron chi connectivity index (χ2n) is 10.8. The number of ether oxygens (including phenoxy) is 4. The van der Waals surface area contributed by atoms with Gasteiger partial charge >= 0.3 is 0 Å². The molecule has 5 rings (SSSR count). The maximum absolute atomic E-state index is 14.1. The maximum atomic E-state index is 14.1. The molecule has 0 saturated carbocycles. The molecule has 0 unspecified atom stereocenters. The number of phenols is 1. The average molecular weight is 615 g/mol. The third kappa shape index (κ3) is 5.46. The number of hydrogen-bond donors (Lipinski definition) is 3. The molecule has 3 N–H and O–H groups in total. The molecule has 1 aliphatic carbocycles. The van der Waals surface area contributed by atoms with Crippen LogP contribution in [0.25, 0.3) is 10.8 Å². The van der Waals surface area contributed by atoms with Gasteiger partial charge in [0.15, 0.2) is 24.9 Å². The number of aliphatic hydroxyl groups is 1. The zero-order valence-electron chi connectivity index (χ0n) is 25.6. The fourth-order valence-corrected chi connectivity index (χ4v) is 5.60. The summed E-state index contributed by atoms with van der Waals surface area (Å²) in [5.74, 6) is -1.61. The van der Waals surface area contributed by atoms with E-state index in [1.807, 2.05) is 43.3 Å². The number of benzene rings is 3. The molecule has 45 heavy (non-hydrogen) atoms. The number of oxime groups is 1. The molecule has 3 aromatic rings. The Morgan fingerprint density at radius 1 is 1.16 bits per heavy atom. The first-order chi connectivity index (χ1) is 21.5. The lowest BCUT2D eigenvalue weighted by Crippen LogP contribution is -2.39. The largest absolute Gasteiger partial charge is 0.507 e. The van der Waals surface area contributed by atoms with Gasteiger partial charge in [-0.15, -0.1) is 0 Å². The van der Waals surface area contributed by atoms with Gasteiger partial charge in [-0.25, -0.2) is 0 Å². The molecular weight excluding hydrogens is 580 g/mol. The monoisotopic (exact) mass is 614 g/mol. The molecule has 234 valence electrons. The van der Waals surface area contributed by atoms with E-state index >= 15 is 0 Å². The van der Waals surface area contributed by atoms with Crippen LogP contribution in [0, 0.1) is 6.92 Å². The van der Waals surface area contributed by atoms with E-state index in [4.69, 9.17) is 23.8 Å². The molecule has 0 fully saturated rings. The molecule has 11 heteroatoms. The number of Topliss-reactive ketones (excluding diaryl/α,β-unsaturated/α-hetero) is 1. The Kier molecular flexibility index (Phi) is 8.56. The number of phenolic OH excluding ortho intramolecular Hbond substituents is 1. The summed E-state index contributed by atoms with van der Waals surface area (Å²) in [4.78, 5) is 33.1. The molecule has 0 aromatic heterocycles. The van der Waals surface area contributed by atoms with Gasteiger partial charge in [-0.1, -0.05) is 48.1 Å². The molecule has 0 spiro atoms. The Labute approximate surface area is 260 Å². The van der Waals surface area contributed by atoms with Crippen molar-refractivity contribution in [1.29, 1.82) is 0 Å². The number of aliphatic hydroxyl groups excluding tert-OH is 1. The van der Waals surface area contributed by atoms with Crippen LogP contribution >= 0.6 is 0 Å². The molecule has 1 heterocycles. The SMILES string of the molecule is C=C(CON=C(C)C1=C(O)C=C2Oc3c(C(=O)NCc4c(C)ccc5ccccc45)c(OC)cc(O)c3[C@]2(C)C1=O)OCOC. The molecular formula is C34H34N2O9. The van der Waals surface area contributed by atoms with Crippen molar-refractivity contribution in [2.24, 2.45) is 5.16 Å². The fraction of sp³-hybridized carbons (Fsp3) is 0.265. The number of carbonyl (C=O) groups is 2. The molecule has 2 aliphatic rings. The second-order valence-corrected chi connectivity index (χ2v) is 10.8. The highest BCUT2D eigenvalue weighted by molar-refractivity contribution is 6.27. The van der Waals surface area contributed by atoms with Crippen LogP contribution in [0.4, 0.5) is 0 Å². The van der Waals surface area contributed by atoms with Gasteiger partial charge in [0.25, 0.3) is 5.91 Å². The summed E-state index contributed by atoms with van der Waals surface area (Å²) in [6.07, 6.45) is 1.27. The van der Waals surface area contributed by atoms with Crippen molar-refractivity contribution in [2.75, 3.05) is 27.6 Å². The third-order valence-electron chi connectivity index (χ3n) is 7.95. The molecule has 0 radical (unpaired) electrons. The van der Waals surface area contributed by atoms with Gasteiger partial charge in [-0.2, -0.15) is 0 Å². The Hall–Kier alpha value is -5.29. The van der Waals surface area contributed by atoms with Gasteiger partial charge in [-0.3, -0.25) is 9.59 Å². The molecule has 0 bridgehead atoms. The molecule has 1 aliphatic heterocycles. The smallest absolute Gasteiger partial charge is 0.259 e. The summed E-state index contributed by atoms with van der Waals surface area (Å²) < 4.78 is 21.5. The number of allylic oxidation sites excluding steroid dienone is 3. The van der Waals surface area contributed by atoms with E-state index in [2.05, 4.69) is 17.1 Å². The van der Waals surface area contributed by atoms with Crippen molar-refractivity contribution < 1.29 is 43.6 Å². The fourth-order valence-electron chi connectivity index (χ4n) is 5.60. The van der Waals surface area contributed by atoms with Crippen LogP contribution in [-0.2, 0) is 31.1 Å². The van der Waals surface area contributed by atoms with Gasteiger partial charge in [0.05, 0.1) is 24.0 Å². The zero-order chi connectivity index (χ0) is 32.5. The Bertz CT molecular complexity index is 1820. The standard InChI is InChI=1S/C34H34N2O9/c1-18-11-12-21-9-7-8-10-22(21)23(18)15-35-33(40)29-26(42-6)13-25(38)30-31(29)45-27-14-24(37)28(32(39)34(27,30)4)20(3)36-44-16-19(2)43-17-41-5/h7-14,37-38H,2,15-17H2,1,3-6H3,(H,35,40)/t34-/m1/s1. The number of carbonyl (C=O) groups excluding carboxylic acids is 2. The minimum absolute atomic E-state index is 0.00292. The predicted molar refractivity (Wildman–Crippen MR) is 166 cm³/mol. The first kappa shape index (κ1) is 31.1. The van der Waals surface area contributed by atoms with E-state index in [0.717, 1.165) is 21.9 Å². The Balaban J connectivity index is 1.47. The minimum Gasteiger partial charge on any atom is -0.507 e. The highest BCUT2D eigenvalue weighted by atomic mass is 16.7. The lowest BCUT2D eigenvalue weighted by Gasteiger charge is -2.28. The van der Waals surface area contributed by atoms with Crippen molar-refractivity contribution >= 4 is 28.2 Å². The van der Waals surface area contributed by atoms with Gasteiger partial charge in [0, 0.05) is 25.8 Å². The number of amides is 1. The van der Waals surface area contributed by atoms with Gasteiger partial charge < -0.3 is 39.3 Å². The summed E-state index contributed by atoms with van der Waals surface area (Å²) in [7, 11) is 2.82. The van der Waals surface area contributed by atoms with Crippen molar-refractivity contribution in [2.45, 2.75) is 32.7 Å². The highest BCUT2D eigenvalue weighted by Gasteiger charge is 2.55. The van der Waals surface area contributed by atoms with Crippen LogP contribution in [0.5, 0.6) is 17.2 Å². The molecule has 1 amide bonds. The molecule has 11 nitrogen and oxygen atoms in total. The van der Waals surface area contributed by atoms with E-state index in [-0.39, 0.29) is 71.1 Å². The van der Waals surface area contributed by atoms with E-state index in [9.17, 15) is 19.8 Å². The first-order valence-corrected chi connectivity index (χ1v) is 14.1. The van der Waals surface area contributed by atoms with Crippen LogP contribution in [-0.4, -0.2) is 55.2 Å². The summed E-state index contributed by atoms with van der Waals surface area (Å²) in [5.41, 5.74) is 0.329. The van der Waals surface area contributed by atoms with E-state index < -0.39 is 22.9 Å². The van der Waals surface area contributed by atoms with E-state index in [0.29, 0.717) is 0 Å². The Morgan fingerprint density at radius 3 is 2.64 bits per heavy atom. The summed E-state index contributed by atoms with van der Waals surface area (Å²) >= 11 is 0. The van der Waals surface area contributed by atoms with Crippen LogP contribution in [0.1, 0.15) is 40.9 Å². The lowest BCUT2D eigenvalue weighted by molar-refractivity contribution is -0.119. The molecule has 1 atom stereocenters. The van der Waals surface area contributed by atoms with Crippen molar-refractivity contribution in [3.8, 4) is 17.2 Å². The van der Waals surface area contributed by atoms with Gasteiger partial charge in [-0.05, 0) is 42.7 Å².